The third kappa shape index (κ3) is 4.53. The van der Waals surface area contributed by atoms with Gasteiger partial charge in [-0.15, -0.1) is 0 Å². The fourth-order valence-electron chi connectivity index (χ4n) is 4.16. The number of benzene rings is 2. The van der Waals surface area contributed by atoms with Crippen molar-refractivity contribution in [3.05, 3.63) is 59.2 Å². The summed E-state index contributed by atoms with van der Waals surface area (Å²) in [5.74, 6) is 0.228. The van der Waals surface area contributed by atoms with E-state index in [0.717, 1.165) is 12.8 Å². The van der Waals surface area contributed by atoms with Crippen molar-refractivity contribution in [2.75, 3.05) is 19.8 Å². The van der Waals surface area contributed by atoms with Gasteiger partial charge in [0.15, 0.2) is 11.5 Å². The van der Waals surface area contributed by atoms with Crippen molar-refractivity contribution >= 4 is 17.4 Å². The van der Waals surface area contributed by atoms with Crippen molar-refractivity contribution in [3.63, 3.8) is 0 Å². The predicted octanol–water partition coefficient (Wildman–Crippen LogP) is 4.47. The van der Waals surface area contributed by atoms with E-state index in [0.29, 0.717) is 48.1 Å². The Labute approximate surface area is 193 Å². The second-order valence-corrected chi connectivity index (χ2v) is 8.44. The van der Waals surface area contributed by atoms with Gasteiger partial charge in [0.25, 0.3) is 11.7 Å². The molecule has 0 aromatic heterocycles. The SMILES string of the molecule is CCCCN1C(=O)C(=O)/C(=C(\O)c2cccc(OC(C)C)c2)C1c1ccc2c(c1)OCCO2. The quantitative estimate of drug-likeness (QED) is 0.380. The number of aliphatic hydroxyl groups excluding tert-OH is 1. The molecule has 1 atom stereocenters. The standard InChI is InChI=1S/C26H29NO6/c1-4-5-11-27-23(17-9-10-20-21(15-17)32-13-12-31-20)22(25(29)26(27)30)24(28)18-7-6-8-19(14-18)33-16(2)3/h6-10,14-16,23,28H,4-5,11-13H2,1-3H3/b24-22-. The lowest BCUT2D eigenvalue weighted by Crippen LogP contribution is -2.30. The maximum absolute atomic E-state index is 13.1. The number of ketones is 1. The van der Waals surface area contributed by atoms with Crippen LogP contribution in [0.5, 0.6) is 17.2 Å². The Hall–Kier alpha value is -3.48. The summed E-state index contributed by atoms with van der Waals surface area (Å²) >= 11 is 0. The van der Waals surface area contributed by atoms with E-state index in [4.69, 9.17) is 14.2 Å². The van der Waals surface area contributed by atoms with Gasteiger partial charge in [-0.05, 0) is 50.1 Å². The Bertz CT molecular complexity index is 1090. The van der Waals surface area contributed by atoms with Gasteiger partial charge in [-0.1, -0.05) is 31.5 Å². The largest absolute Gasteiger partial charge is 0.507 e. The lowest BCUT2D eigenvalue weighted by molar-refractivity contribution is -0.139. The summed E-state index contributed by atoms with van der Waals surface area (Å²) in [6, 6.07) is 11.6. The van der Waals surface area contributed by atoms with E-state index in [-0.39, 0.29) is 17.4 Å². The van der Waals surface area contributed by atoms with Crippen LogP contribution in [0.4, 0.5) is 0 Å². The molecule has 7 nitrogen and oxygen atoms in total. The summed E-state index contributed by atoms with van der Waals surface area (Å²) in [7, 11) is 0. The number of unbranched alkanes of at least 4 members (excludes halogenated alkanes) is 1. The monoisotopic (exact) mass is 451 g/mol. The maximum Gasteiger partial charge on any atom is 0.295 e. The van der Waals surface area contributed by atoms with Crippen molar-refractivity contribution < 1.29 is 28.9 Å². The molecule has 0 aliphatic carbocycles. The van der Waals surface area contributed by atoms with Crippen molar-refractivity contribution in [2.45, 2.75) is 45.8 Å². The van der Waals surface area contributed by atoms with Crippen LogP contribution in [0.1, 0.15) is 50.8 Å². The molecule has 33 heavy (non-hydrogen) atoms. The molecule has 0 bridgehead atoms. The van der Waals surface area contributed by atoms with E-state index in [2.05, 4.69) is 0 Å². The van der Waals surface area contributed by atoms with E-state index < -0.39 is 17.7 Å². The fraction of sp³-hybridized carbons (Fsp3) is 0.385. The molecule has 1 fully saturated rings. The molecule has 1 saturated heterocycles. The Morgan fingerprint density at radius 1 is 1.12 bits per heavy atom. The van der Waals surface area contributed by atoms with Gasteiger partial charge >= 0.3 is 0 Å². The molecule has 2 heterocycles. The number of aliphatic hydroxyl groups is 1. The lowest BCUT2D eigenvalue weighted by atomic mass is 9.94. The summed E-state index contributed by atoms with van der Waals surface area (Å²) in [4.78, 5) is 27.7. The van der Waals surface area contributed by atoms with Crippen molar-refractivity contribution in [2.24, 2.45) is 0 Å². The molecule has 0 radical (unpaired) electrons. The highest BCUT2D eigenvalue weighted by atomic mass is 16.6. The minimum atomic E-state index is -0.720. The average molecular weight is 452 g/mol. The molecule has 0 spiro atoms. The van der Waals surface area contributed by atoms with Gasteiger partial charge in [-0.25, -0.2) is 0 Å². The Morgan fingerprint density at radius 2 is 1.88 bits per heavy atom. The van der Waals surface area contributed by atoms with Crippen LogP contribution in [0, 0.1) is 0 Å². The summed E-state index contributed by atoms with van der Waals surface area (Å²) in [5.41, 5.74) is 1.17. The highest BCUT2D eigenvalue weighted by Crippen LogP contribution is 2.42. The molecule has 1 amide bonds. The second-order valence-electron chi connectivity index (χ2n) is 8.44. The van der Waals surface area contributed by atoms with Crippen molar-refractivity contribution in [1.29, 1.82) is 0 Å². The Morgan fingerprint density at radius 3 is 2.61 bits per heavy atom. The highest BCUT2D eigenvalue weighted by Gasteiger charge is 2.46. The summed E-state index contributed by atoms with van der Waals surface area (Å²) in [6.07, 6.45) is 1.57. The number of hydrogen-bond acceptors (Lipinski definition) is 6. The second kappa shape index (κ2) is 9.57. The number of fused-ring (bicyclic) bond motifs is 1. The first-order chi connectivity index (χ1) is 15.9. The first-order valence-electron chi connectivity index (χ1n) is 11.4. The molecular weight excluding hydrogens is 422 g/mol. The van der Waals surface area contributed by atoms with Gasteiger partial charge in [0.2, 0.25) is 0 Å². The number of hydrogen-bond donors (Lipinski definition) is 1. The molecular formula is C26H29NO6. The van der Waals surface area contributed by atoms with Gasteiger partial charge < -0.3 is 24.2 Å². The molecule has 7 heteroatoms. The lowest BCUT2D eigenvalue weighted by Gasteiger charge is -2.27. The number of carbonyl (C=O) groups is 2. The van der Waals surface area contributed by atoms with Gasteiger partial charge in [-0.3, -0.25) is 9.59 Å². The third-order valence-corrected chi connectivity index (χ3v) is 5.65. The number of Topliss-reactive ketones (excluding diaryl/α,β-unsaturated/α-hetero) is 1. The Balaban J connectivity index is 1.82. The zero-order chi connectivity index (χ0) is 23.5. The predicted molar refractivity (Wildman–Crippen MR) is 124 cm³/mol. The van der Waals surface area contributed by atoms with Gasteiger partial charge in [-0.2, -0.15) is 0 Å². The minimum Gasteiger partial charge on any atom is -0.507 e. The van der Waals surface area contributed by atoms with E-state index in [1.54, 1.807) is 36.4 Å². The number of carbonyl (C=O) groups excluding carboxylic acids is 2. The molecule has 1 N–H and O–H groups in total. The van der Waals surface area contributed by atoms with Crippen LogP contribution >= 0.6 is 0 Å². The summed E-state index contributed by atoms with van der Waals surface area (Å²) < 4.78 is 17.1. The van der Waals surface area contributed by atoms with Crippen LogP contribution in [0.3, 0.4) is 0 Å². The van der Waals surface area contributed by atoms with Gasteiger partial charge in [0.1, 0.15) is 24.7 Å². The van der Waals surface area contributed by atoms with Crippen LogP contribution in [-0.2, 0) is 9.59 Å². The van der Waals surface area contributed by atoms with Gasteiger partial charge in [0, 0.05) is 12.1 Å². The maximum atomic E-state index is 13.1. The van der Waals surface area contributed by atoms with Crippen LogP contribution in [0.2, 0.25) is 0 Å². The molecule has 2 aromatic carbocycles. The zero-order valence-electron chi connectivity index (χ0n) is 19.2. The first kappa shape index (κ1) is 22.7. The van der Waals surface area contributed by atoms with Crippen LogP contribution < -0.4 is 14.2 Å². The number of rotatable bonds is 7. The number of ether oxygens (including phenoxy) is 3. The van der Waals surface area contributed by atoms with Gasteiger partial charge in [0.05, 0.1) is 17.7 Å². The van der Waals surface area contributed by atoms with E-state index in [1.807, 2.05) is 26.8 Å². The topological polar surface area (TPSA) is 85.3 Å². The number of amides is 1. The molecule has 4 rings (SSSR count). The number of nitrogens with zero attached hydrogens (tertiary/aromatic N) is 1. The normalized spacial score (nSPS) is 19.3. The van der Waals surface area contributed by atoms with Crippen molar-refractivity contribution in [3.8, 4) is 17.2 Å². The average Bonchev–Trinajstić information content (AvgIpc) is 3.06. The summed E-state index contributed by atoms with van der Waals surface area (Å²) in [5, 5.41) is 11.2. The smallest absolute Gasteiger partial charge is 0.295 e. The number of likely N-dealkylation sites (tertiary alicyclic amines) is 1. The molecule has 1 unspecified atom stereocenters. The van der Waals surface area contributed by atoms with E-state index in [9.17, 15) is 14.7 Å². The minimum absolute atomic E-state index is 0.0419. The molecule has 2 aliphatic rings. The Kier molecular flexibility index (Phi) is 6.58. The molecule has 2 aliphatic heterocycles. The van der Waals surface area contributed by atoms with Crippen LogP contribution in [-0.4, -0.2) is 47.6 Å². The molecule has 2 aromatic rings. The van der Waals surface area contributed by atoms with Crippen LogP contribution in [0.25, 0.3) is 5.76 Å². The summed E-state index contributed by atoms with van der Waals surface area (Å²) in [6.45, 7) is 7.15. The van der Waals surface area contributed by atoms with Crippen LogP contribution in [0.15, 0.2) is 48.0 Å². The molecule has 0 saturated carbocycles. The third-order valence-electron chi connectivity index (χ3n) is 5.65. The molecule has 174 valence electrons. The van der Waals surface area contributed by atoms with E-state index >= 15 is 0 Å². The first-order valence-corrected chi connectivity index (χ1v) is 11.4. The fourth-order valence-corrected chi connectivity index (χ4v) is 4.16. The zero-order valence-corrected chi connectivity index (χ0v) is 19.2. The highest BCUT2D eigenvalue weighted by molar-refractivity contribution is 6.46. The van der Waals surface area contributed by atoms with Crippen molar-refractivity contribution in [1.82, 2.24) is 4.90 Å². The van der Waals surface area contributed by atoms with E-state index in [1.165, 1.54) is 4.90 Å².